The minimum Gasteiger partial charge on any atom is -0.480 e. The normalized spacial score (nSPS) is 45.0. The average molecular weight is 293 g/mol. The summed E-state index contributed by atoms with van der Waals surface area (Å²) in [6.07, 6.45) is 10.9. The number of hydrogen-bond donors (Lipinski definition) is 1. The molecule has 3 aliphatic rings. The van der Waals surface area contributed by atoms with Gasteiger partial charge < -0.3 is 5.11 Å². The van der Waals surface area contributed by atoms with E-state index in [2.05, 4.69) is 18.7 Å². The highest BCUT2D eigenvalue weighted by Gasteiger charge is 2.45. The van der Waals surface area contributed by atoms with Crippen molar-refractivity contribution in [2.45, 2.75) is 89.8 Å². The van der Waals surface area contributed by atoms with Crippen LogP contribution in [0, 0.1) is 17.8 Å². The summed E-state index contributed by atoms with van der Waals surface area (Å²) in [7, 11) is 0. The van der Waals surface area contributed by atoms with E-state index in [4.69, 9.17) is 0 Å². The number of rotatable bonds is 2. The summed E-state index contributed by atoms with van der Waals surface area (Å²) in [5, 5.41) is 9.71. The van der Waals surface area contributed by atoms with Crippen LogP contribution in [-0.2, 0) is 4.79 Å². The van der Waals surface area contributed by atoms with E-state index in [0.717, 1.165) is 30.6 Å². The maximum atomic E-state index is 11.8. The molecule has 1 aliphatic heterocycles. The summed E-state index contributed by atoms with van der Waals surface area (Å²) < 4.78 is 0. The number of piperidine rings is 1. The molecule has 3 nitrogen and oxygen atoms in total. The van der Waals surface area contributed by atoms with E-state index in [1.807, 2.05) is 0 Å². The molecule has 21 heavy (non-hydrogen) atoms. The van der Waals surface area contributed by atoms with Gasteiger partial charge in [0.2, 0.25) is 0 Å². The predicted octanol–water partition coefficient (Wildman–Crippen LogP) is 3.92. The molecule has 1 N–H and O–H groups in total. The van der Waals surface area contributed by atoms with Crippen LogP contribution >= 0.6 is 0 Å². The second-order valence-corrected chi connectivity index (χ2v) is 7.91. The van der Waals surface area contributed by atoms with Crippen molar-refractivity contribution in [2.24, 2.45) is 17.8 Å². The Labute approximate surface area is 129 Å². The van der Waals surface area contributed by atoms with Crippen LogP contribution in [-0.4, -0.2) is 34.1 Å². The lowest BCUT2D eigenvalue weighted by Gasteiger charge is -2.52. The monoisotopic (exact) mass is 293 g/mol. The third kappa shape index (κ3) is 2.99. The summed E-state index contributed by atoms with van der Waals surface area (Å²) >= 11 is 0. The van der Waals surface area contributed by atoms with Crippen LogP contribution in [0.1, 0.15) is 71.6 Å². The second-order valence-electron chi connectivity index (χ2n) is 7.91. The van der Waals surface area contributed by atoms with Crippen LogP contribution in [0.3, 0.4) is 0 Å². The largest absolute Gasteiger partial charge is 0.480 e. The van der Waals surface area contributed by atoms with E-state index in [9.17, 15) is 9.90 Å². The number of fused-ring (bicyclic) bond motifs is 1. The third-order valence-electron chi connectivity index (χ3n) is 6.70. The van der Waals surface area contributed by atoms with E-state index < -0.39 is 5.97 Å². The molecule has 0 bridgehead atoms. The smallest absolute Gasteiger partial charge is 0.320 e. The van der Waals surface area contributed by atoms with Gasteiger partial charge in [-0.3, -0.25) is 9.69 Å². The first-order chi connectivity index (χ1) is 10.1. The van der Waals surface area contributed by atoms with Crippen molar-refractivity contribution >= 4 is 5.97 Å². The van der Waals surface area contributed by atoms with Crippen molar-refractivity contribution in [1.82, 2.24) is 4.90 Å². The van der Waals surface area contributed by atoms with Gasteiger partial charge in [0.05, 0.1) is 0 Å². The van der Waals surface area contributed by atoms with Crippen LogP contribution < -0.4 is 0 Å². The Hall–Kier alpha value is -0.570. The molecule has 3 rings (SSSR count). The molecule has 6 unspecified atom stereocenters. The molecule has 2 saturated carbocycles. The fourth-order valence-corrected chi connectivity index (χ4v) is 5.24. The quantitative estimate of drug-likeness (QED) is 0.839. The second kappa shape index (κ2) is 6.28. The molecular weight excluding hydrogens is 262 g/mol. The molecular formula is C18H31NO2. The Kier molecular flexibility index (Phi) is 4.58. The maximum absolute atomic E-state index is 11.8. The molecule has 0 aromatic rings. The summed E-state index contributed by atoms with van der Waals surface area (Å²) in [4.78, 5) is 14.3. The van der Waals surface area contributed by atoms with E-state index in [0.29, 0.717) is 12.1 Å². The highest BCUT2D eigenvalue weighted by Crippen LogP contribution is 2.42. The van der Waals surface area contributed by atoms with Gasteiger partial charge >= 0.3 is 5.97 Å². The van der Waals surface area contributed by atoms with Crippen molar-refractivity contribution in [1.29, 1.82) is 0 Å². The zero-order valence-corrected chi connectivity index (χ0v) is 13.6. The number of carboxylic acid groups (broad SMARTS) is 1. The highest BCUT2D eigenvalue weighted by atomic mass is 16.4. The molecule has 0 amide bonds. The van der Waals surface area contributed by atoms with Gasteiger partial charge in [0, 0.05) is 12.1 Å². The molecule has 3 heteroatoms. The lowest BCUT2D eigenvalue weighted by molar-refractivity contribution is -0.151. The first-order valence-corrected chi connectivity index (χ1v) is 9.08. The summed E-state index contributed by atoms with van der Waals surface area (Å²) in [6.45, 7) is 4.71. The number of likely N-dealkylation sites (tertiary alicyclic amines) is 1. The number of nitrogens with zero attached hydrogens (tertiary/aromatic N) is 1. The van der Waals surface area contributed by atoms with E-state index in [1.165, 1.54) is 44.9 Å². The van der Waals surface area contributed by atoms with Crippen LogP contribution in [0.2, 0.25) is 0 Å². The van der Waals surface area contributed by atoms with Crippen molar-refractivity contribution in [3.8, 4) is 0 Å². The molecule has 1 heterocycles. The van der Waals surface area contributed by atoms with Gasteiger partial charge in [-0.25, -0.2) is 0 Å². The molecule has 0 spiro atoms. The van der Waals surface area contributed by atoms with Crippen molar-refractivity contribution in [3.63, 3.8) is 0 Å². The summed E-state index contributed by atoms with van der Waals surface area (Å²) in [5.74, 6) is 1.73. The Balaban J connectivity index is 1.80. The SMILES string of the molecule is CC1CCC(N2C(C(=O)O)CCC3CCCCC32)CC1C. The topological polar surface area (TPSA) is 40.5 Å². The highest BCUT2D eigenvalue weighted by molar-refractivity contribution is 5.73. The van der Waals surface area contributed by atoms with Gasteiger partial charge in [0.25, 0.3) is 0 Å². The third-order valence-corrected chi connectivity index (χ3v) is 6.70. The number of carbonyl (C=O) groups is 1. The maximum Gasteiger partial charge on any atom is 0.320 e. The zero-order valence-electron chi connectivity index (χ0n) is 13.6. The minimum atomic E-state index is -0.578. The van der Waals surface area contributed by atoms with Gasteiger partial charge in [-0.1, -0.05) is 26.7 Å². The van der Waals surface area contributed by atoms with Gasteiger partial charge in [-0.2, -0.15) is 0 Å². The van der Waals surface area contributed by atoms with E-state index in [1.54, 1.807) is 0 Å². The van der Waals surface area contributed by atoms with Gasteiger partial charge in [0.1, 0.15) is 6.04 Å². The van der Waals surface area contributed by atoms with Crippen LogP contribution in [0.4, 0.5) is 0 Å². The van der Waals surface area contributed by atoms with Crippen LogP contribution in [0.15, 0.2) is 0 Å². The molecule has 0 radical (unpaired) electrons. The Bertz CT molecular complexity index is 383. The van der Waals surface area contributed by atoms with Gasteiger partial charge in [-0.05, 0) is 62.7 Å². The van der Waals surface area contributed by atoms with E-state index >= 15 is 0 Å². The average Bonchev–Trinajstić information content (AvgIpc) is 2.49. The summed E-state index contributed by atoms with van der Waals surface area (Å²) in [5.41, 5.74) is 0. The first kappa shape index (κ1) is 15.3. The molecule has 6 atom stereocenters. The van der Waals surface area contributed by atoms with Crippen LogP contribution in [0.25, 0.3) is 0 Å². The number of hydrogen-bond acceptors (Lipinski definition) is 2. The van der Waals surface area contributed by atoms with Crippen molar-refractivity contribution < 1.29 is 9.90 Å². The zero-order chi connectivity index (χ0) is 15.0. The molecule has 0 aromatic carbocycles. The Morgan fingerprint density at radius 1 is 0.952 bits per heavy atom. The fourth-order valence-electron chi connectivity index (χ4n) is 5.24. The standard InChI is InChI=1S/C18H31NO2/c1-12-7-9-15(11-13(12)2)19-16-6-4-3-5-14(16)8-10-17(19)18(20)21/h12-17H,3-11H2,1-2H3,(H,20,21). The summed E-state index contributed by atoms with van der Waals surface area (Å²) in [6, 6.07) is 0.859. The van der Waals surface area contributed by atoms with Crippen molar-refractivity contribution in [3.05, 3.63) is 0 Å². The Morgan fingerprint density at radius 3 is 2.43 bits per heavy atom. The van der Waals surface area contributed by atoms with Gasteiger partial charge in [0.15, 0.2) is 0 Å². The fraction of sp³-hybridized carbons (Fsp3) is 0.944. The Morgan fingerprint density at radius 2 is 1.71 bits per heavy atom. The molecule has 120 valence electrons. The lowest BCUT2D eigenvalue weighted by atomic mass is 9.72. The molecule has 0 aromatic heterocycles. The minimum absolute atomic E-state index is 0.213. The molecule has 1 saturated heterocycles. The molecule has 2 aliphatic carbocycles. The number of aliphatic carboxylic acids is 1. The predicted molar refractivity (Wildman–Crippen MR) is 84.2 cm³/mol. The number of carboxylic acids is 1. The van der Waals surface area contributed by atoms with Crippen LogP contribution in [0.5, 0.6) is 0 Å². The van der Waals surface area contributed by atoms with Crippen molar-refractivity contribution in [2.75, 3.05) is 0 Å². The van der Waals surface area contributed by atoms with Gasteiger partial charge in [-0.15, -0.1) is 0 Å². The van der Waals surface area contributed by atoms with E-state index in [-0.39, 0.29) is 6.04 Å². The first-order valence-electron chi connectivity index (χ1n) is 9.08. The lowest BCUT2D eigenvalue weighted by Crippen LogP contribution is -2.59. The molecule has 3 fully saturated rings.